The Balaban J connectivity index is 1.56. The zero-order chi connectivity index (χ0) is 16.2. The fourth-order valence-electron chi connectivity index (χ4n) is 2.80. The van der Waals surface area contributed by atoms with Crippen molar-refractivity contribution < 1.29 is 14.0 Å². The molecule has 1 aromatic carbocycles. The zero-order valence-corrected chi connectivity index (χ0v) is 13.0. The number of carbonyl (C=O) groups is 2. The van der Waals surface area contributed by atoms with Crippen LogP contribution in [0.25, 0.3) is 0 Å². The minimum atomic E-state index is -0.386. The molecule has 0 saturated carbocycles. The van der Waals surface area contributed by atoms with E-state index in [-0.39, 0.29) is 18.4 Å². The summed E-state index contributed by atoms with van der Waals surface area (Å²) in [6, 6.07) is 9.66. The predicted molar refractivity (Wildman–Crippen MR) is 86.0 cm³/mol. The van der Waals surface area contributed by atoms with Crippen LogP contribution in [0.4, 0.5) is 5.69 Å². The van der Waals surface area contributed by atoms with Crippen LogP contribution in [0, 0.1) is 6.92 Å². The number of hydrazine groups is 1. The van der Waals surface area contributed by atoms with E-state index in [0.717, 1.165) is 25.1 Å². The number of nitrogens with zero attached hydrogens (tertiary/aromatic N) is 1. The van der Waals surface area contributed by atoms with Gasteiger partial charge in [0.2, 0.25) is 0 Å². The number of anilines is 1. The summed E-state index contributed by atoms with van der Waals surface area (Å²) in [5.41, 5.74) is 7.62. The summed E-state index contributed by atoms with van der Waals surface area (Å²) >= 11 is 0. The molecule has 0 radical (unpaired) electrons. The number of benzene rings is 1. The topological polar surface area (TPSA) is 74.6 Å². The number of rotatable bonds is 3. The van der Waals surface area contributed by atoms with Gasteiger partial charge in [0.05, 0.1) is 18.4 Å². The van der Waals surface area contributed by atoms with Crippen LogP contribution < -0.4 is 15.8 Å². The van der Waals surface area contributed by atoms with E-state index in [1.165, 1.54) is 11.8 Å². The largest absolute Gasteiger partial charge is 0.469 e. The third-order valence-corrected chi connectivity index (χ3v) is 3.96. The normalized spacial score (nSPS) is 13.3. The van der Waals surface area contributed by atoms with E-state index in [9.17, 15) is 9.59 Å². The molecule has 1 aliphatic rings. The van der Waals surface area contributed by atoms with Gasteiger partial charge in [-0.15, -0.1) is 0 Å². The lowest BCUT2D eigenvalue weighted by molar-refractivity contribution is -0.120. The molecule has 1 aromatic heterocycles. The summed E-state index contributed by atoms with van der Waals surface area (Å²) in [4.78, 5) is 26.0. The molecule has 0 fully saturated rings. The first-order chi connectivity index (χ1) is 11.1. The van der Waals surface area contributed by atoms with E-state index < -0.39 is 0 Å². The van der Waals surface area contributed by atoms with Crippen LogP contribution in [-0.4, -0.2) is 24.9 Å². The number of aryl methyl sites for hydroxylation is 2. The highest BCUT2D eigenvalue weighted by molar-refractivity contribution is 5.96. The number of furan rings is 1. The van der Waals surface area contributed by atoms with Crippen molar-refractivity contribution in [3.05, 3.63) is 53.5 Å². The summed E-state index contributed by atoms with van der Waals surface area (Å²) in [5, 5.41) is 0. The molecule has 120 valence electrons. The number of amides is 2. The van der Waals surface area contributed by atoms with E-state index in [2.05, 4.69) is 16.9 Å². The Kier molecular flexibility index (Phi) is 4.32. The summed E-state index contributed by atoms with van der Waals surface area (Å²) in [7, 11) is 0. The fourth-order valence-corrected chi connectivity index (χ4v) is 2.80. The Labute approximate surface area is 134 Å². The molecule has 0 atom stereocenters. The molecule has 23 heavy (non-hydrogen) atoms. The molecule has 2 N–H and O–H groups in total. The van der Waals surface area contributed by atoms with Crippen molar-refractivity contribution in [2.75, 3.05) is 18.0 Å². The van der Waals surface area contributed by atoms with Crippen LogP contribution in [0.1, 0.15) is 28.1 Å². The summed E-state index contributed by atoms with van der Waals surface area (Å²) < 4.78 is 5.07. The third kappa shape index (κ3) is 3.36. The summed E-state index contributed by atoms with van der Waals surface area (Å²) in [5.74, 6) is -0.124. The SMILES string of the molecule is Cc1occc1C(=O)NNC(=O)CN1CCCc2ccccc21. The Morgan fingerprint density at radius 3 is 2.83 bits per heavy atom. The van der Waals surface area contributed by atoms with Crippen molar-refractivity contribution in [2.45, 2.75) is 19.8 Å². The maximum atomic E-state index is 12.1. The van der Waals surface area contributed by atoms with Crippen molar-refractivity contribution in [3.8, 4) is 0 Å². The molecule has 6 nitrogen and oxygen atoms in total. The average molecular weight is 313 g/mol. The Bertz CT molecular complexity index is 723. The minimum Gasteiger partial charge on any atom is -0.469 e. The number of carbonyl (C=O) groups excluding carboxylic acids is 2. The highest BCUT2D eigenvalue weighted by atomic mass is 16.3. The molecule has 0 aliphatic carbocycles. The molecule has 1 aliphatic heterocycles. The summed E-state index contributed by atoms with van der Waals surface area (Å²) in [6.07, 6.45) is 3.49. The monoisotopic (exact) mass is 313 g/mol. The van der Waals surface area contributed by atoms with Crippen LogP contribution in [0.15, 0.2) is 41.0 Å². The average Bonchev–Trinajstić information content (AvgIpc) is 2.99. The molecule has 2 amide bonds. The van der Waals surface area contributed by atoms with Crippen molar-refractivity contribution in [1.29, 1.82) is 0 Å². The van der Waals surface area contributed by atoms with Gasteiger partial charge < -0.3 is 9.32 Å². The van der Waals surface area contributed by atoms with Gasteiger partial charge in [0.15, 0.2) is 0 Å². The van der Waals surface area contributed by atoms with E-state index in [1.54, 1.807) is 13.0 Å². The maximum Gasteiger partial charge on any atom is 0.273 e. The Hall–Kier alpha value is -2.76. The van der Waals surface area contributed by atoms with E-state index in [4.69, 9.17) is 4.42 Å². The lowest BCUT2D eigenvalue weighted by Crippen LogP contribution is -2.47. The van der Waals surface area contributed by atoms with Crippen LogP contribution in [0.5, 0.6) is 0 Å². The number of nitrogens with one attached hydrogen (secondary N) is 2. The lowest BCUT2D eigenvalue weighted by atomic mass is 10.0. The minimum absolute atomic E-state index is 0.210. The molecule has 2 heterocycles. The molecule has 6 heteroatoms. The highest BCUT2D eigenvalue weighted by Gasteiger charge is 2.19. The smallest absolute Gasteiger partial charge is 0.273 e. The fraction of sp³-hybridized carbons (Fsp3) is 0.294. The van der Waals surface area contributed by atoms with Gasteiger partial charge in [-0.3, -0.25) is 20.4 Å². The molecular weight excluding hydrogens is 294 g/mol. The van der Waals surface area contributed by atoms with Gasteiger partial charge in [0, 0.05) is 12.2 Å². The predicted octanol–water partition coefficient (Wildman–Crippen LogP) is 1.80. The zero-order valence-electron chi connectivity index (χ0n) is 13.0. The van der Waals surface area contributed by atoms with Crippen molar-refractivity contribution in [2.24, 2.45) is 0 Å². The van der Waals surface area contributed by atoms with Crippen LogP contribution in [-0.2, 0) is 11.2 Å². The van der Waals surface area contributed by atoms with Gasteiger partial charge in [0.1, 0.15) is 5.76 Å². The first-order valence-corrected chi connectivity index (χ1v) is 7.61. The number of fused-ring (bicyclic) bond motifs is 1. The van der Waals surface area contributed by atoms with Gasteiger partial charge in [-0.25, -0.2) is 0 Å². The maximum absolute atomic E-state index is 12.1. The number of hydrogen-bond donors (Lipinski definition) is 2. The second-order valence-corrected chi connectivity index (χ2v) is 5.55. The lowest BCUT2D eigenvalue weighted by Gasteiger charge is -2.30. The van der Waals surface area contributed by atoms with Crippen LogP contribution in [0.3, 0.4) is 0 Å². The van der Waals surface area contributed by atoms with E-state index in [1.807, 2.05) is 23.1 Å². The van der Waals surface area contributed by atoms with E-state index in [0.29, 0.717) is 11.3 Å². The van der Waals surface area contributed by atoms with Crippen LogP contribution >= 0.6 is 0 Å². The molecule has 0 bridgehead atoms. The second kappa shape index (κ2) is 6.56. The number of para-hydroxylation sites is 1. The number of hydrogen-bond acceptors (Lipinski definition) is 4. The van der Waals surface area contributed by atoms with Gasteiger partial charge in [-0.2, -0.15) is 0 Å². The standard InChI is InChI=1S/C17H19N3O3/c1-12-14(8-10-23-12)17(22)19-18-16(21)11-20-9-4-6-13-5-2-3-7-15(13)20/h2-3,5,7-8,10H,4,6,9,11H2,1H3,(H,18,21)(H,19,22). The highest BCUT2D eigenvalue weighted by Crippen LogP contribution is 2.26. The first kappa shape index (κ1) is 15.1. The van der Waals surface area contributed by atoms with Gasteiger partial charge in [-0.1, -0.05) is 18.2 Å². The van der Waals surface area contributed by atoms with E-state index >= 15 is 0 Å². The molecule has 0 spiro atoms. The van der Waals surface area contributed by atoms with Gasteiger partial charge in [0.25, 0.3) is 11.8 Å². The molecule has 3 rings (SSSR count). The Morgan fingerprint density at radius 2 is 2.04 bits per heavy atom. The van der Waals surface area contributed by atoms with Gasteiger partial charge >= 0.3 is 0 Å². The second-order valence-electron chi connectivity index (χ2n) is 5.55. The van der Waals surface area contributed by atoms with Crippen LogP contribution in [0.2, 0.25) is 0 Å². The van der Waals surface area contributed by atoms with Crippen molar-refractivity contribution >= 4 is 17.5 Å². The Morgan fingerprint density at radius 1 is 1.22 bits per heavy atom. The molecular formula is C17H19N3O3. The molecule has 2 aromatic rings. The quantitative estimate of drug-likeness (QED) is 0.847. The van der Waals surface area contributed by atoms with Gasteiger partial charge in [-0.05, 0) is 37.5 Å². The first-order valence-electron chi connectivity index (χ1n) is 7.61. The third-order valence-electron chi connectivity index (χ3n) is 3.96. The molecule has 0 unspecified atom stereocenters. The summed E-state index contributed by atoms with van der Waals surface area (Å²) in [6.45, 7) is 2.74. The molecule has 0 saturated heterocycles. The van der Waals surface area contributed by atoms with Crippen molar-refractivity contribution in [3.63, 3.8) is 0 Å². The van der Waals surface area contributed by atoms with Crippen molar-refractivity contribution in [1.82, 2.24) is 10.9 Å².